The fourth-order valence-corrected chi connectivity index (χ4v) is 5.19. The van der Waals surface area contributed by atoms with Crippen molar-refractivity contribution in [1.29, 1.82) is 0 Å². The van der Waals surface area contributed by atoms with E-state index >= 15 is 0 Å². The van der Waals surface area contributed by atoms with Crippen LogP contribution >= 0.6 is 15.9 Å². The van der Waals surface area contributed by atoms with Crippen LogP contribution in [0.4, 0.5) is 11.4 Å². The molecule has 0 spiro atoms. The molecule has 0 atom stereocenters. The third-order valence-corrected chi connectivity index (χ3v) is 7.36. The van der Waals surface area contributed by atoms with E-state index in [-0.39, 0.29) is 12.7 Å². The molecule has 0 radical (unpaired) electrons. The summed E-state index contributed by atoms with van der Waals surface area (Å²) >= 11 is 3.50. The number of likely N-dealkylation sites (N-methyl/N-ethyl adjacent to an activating group) is 1. The molecular weight excluding hydrogens is 520 g/mol. The molecule has 36 heavy (non-hydrogen) atoms. The lowest BCUT2D eigenvalue weighted by Gasteiger charge is -2.32. The number of fused-ring (bicyclic) bond motifs is 2. The first-order valence-corrected chi connectivity index (χ1v) is 12.9. The number of ether oxygens (including phenoxy) is 2. The van der Waals surface area contributed by atoms with Crippen molar-refractivity contribution >= 4 is 44.5 Å². The van der Waals surface area contributed by atoms with Gasteiger partial charge in [-0.2, -0.15) is 0 Å². The van der Waals surface area contributed by atoms with Crippen molar-refractivity contribution in [3.05, 3.63) is 81.8 Å². The molecular formula is C28H27BrN4O3. The van der Waals surface area contributed by atoms with Crippen molar-refractivity contribution in [1.82, 2.24) is 9.80 Å². The van der Waals surface area contributed by atoms with E-state index in [0.29, 0.717) is 17.1 Å². The highest BCUT2D eigenvalue weighted by molar-refractivity contribution is 9.10. The standard InChI is InChI=1S/C28H27BrN4O3/c1-32-10-12-33(13-11-32)16-18-2-6-21(7-3-18)30-27(19-4-9-24-25(14-19)36-17-35-24)26-22-8-5-20(29)15-23(22)31-28(26)34/h2-9,14-15,30H,10-13,16-17H2,1H3,(H,31,34)/b27-26-. The van der Waals surface area contributed by atoms with Crippen LogP contribution in [0.25, 0.3) is 11.3 Å². The minimum Gasteiger partial charge on any atom is -0.454 e. The summed E-state index contributed by atoms with van der Waals surface area (Å²) in [6.07, 6.45) is 0. The molecule has 1 fully saturated rings. The second-order valence-electron chi connectivity index (χ2n) is 9.36. The molecule has 0 aromatic heterocycles. The predicted molar refractivity (Wildman–Crippen MR) is 145 cm³/mol. The van der Waals surface area contributed by atoms with Gasteiger partial charge in [0.25, 0.3) is 5.91 Å². The molecule has 2 N–H and O–H groups in total. The fraction of sp³-hybridized carbons (Fsp3) is 0.250. The third-order valence-electron chi connectivity index (χ3n) is 6.86. The van der Waals surface area contributed by atoms with E-state index in [0.717, 1.165) is 65.4 Å². The van der Waals surface area contributed by atoms with E-state index in [1.165, 1.54) is 5.56 Å². The molecule has 0 unspecified atom stereocenters. The van der Waals surface area contributed by atoms with Gasteiger partial charge in [-0.25, -0.2) is 0 Å². The highest BCUT2D eigenvalue weighted by Crippen LogP contribution is 2.41. The quantitative estimate of drug-likeness (QED) is 0.445. The van der Waals surface area contributed by atoms with Crippen LogP contribution in [0.5, 0.6) is 11.5 Å². The molecule has 3 aliphatic rings. The number of nitrogens with one attached hydrogen (secondary N) is 2. The number of nitrogens with zero attached hydrogens (tertiary/aromatic N) is 2. The number of amides is 1. The number of hydrogen-bond acceptors (Lipinski definition) is 6. The van der Waals surface area contributed by atoms with Crippen LogP contribution in [0.3, 0.4) is 0 Å². The maximum absolute atomic E-state index is 13.2. The summed E-state index contributed by atoms with van der Waals surface area (Å²) in [6, 6.07) is 20.1. The van der Waals surface area contributed by atoms with Gasteiger partial charge in [-0.3, -0.25) is 9.69 Å². The third kappa shape index (κ3) is 4.59. The molecule has 1 saturated heterocycles. The van der Waals surface area contributed by atoms with Crippen LogP contribution in [-0.4, -0.2) is 55.7 Å². The van der Waals surface area contributed by atoms with Crippen molar-refractivity contribution < 1.29 is 14.3 Å². The van der Waals surface area contributed by atoms with Gasteiger partial charge in [0, 0.05) is 54.0 Å². The van der Waals surface area contributed by atoms with Crippen molar-refractivity contribution in [3.8, 4) is 11.5 Å². The van der Waals surface area contributed by atoms with Crippen molar-refractivity contribution in [3.63, 3.8) is 0 Å². The van der Waals surface area contributed by atoms with Crippen LogP contribution in [-0.2, 0) is 11.3 Å². The first-order chi connectivity index (χ1) is 17.5. The van der Waals surface area contributed by atoms with Gasteiger partial charge in [-0.05, 0) is 55.1 Å². The smallest absolute Gasteiger partial charge is 0.258 e. The summed E-state index contributed by atoms with van der Waals surface area (Å²) in [6.45, 7) is 5.51. The zero-order valence-corrected chi connectivity index (χ0v) is 21.6. The number of carbonyl (C=O) groups is 1. The first kappa shape index (κ1) is 23.1. The Labute approximate surface area is 218 Å². The van der Waals surface area contributed by atoms with E-state index in [1.54, 1.807) is 0 Å². The number of anilines is 2. The summed E-state index contributed by atoms with van der Waals surface area (Å²) < 4.78 is 12.0. The Morgan fingerprint density at radius 3 is 2.56 bits per heavy atom. The van der Waals surface area contributed by atoms with Gasteiger partial charge >= 0.3 is 0 Å². The molecule has 1 amide bonds. The minimum atomic E-state index is -0.144. The molecule has 184 valence electrons. The molecule has 3 aliphatic heterocycles. The van der Waals surface area contributed by atoms with Crippen molar-refractivity contribution in [2.45, 2.75) is 6.54 Å². The van der Waals surface area contributed by atoms with E-state index in [9.17, 15) is 4.79 Å². The fourth-order valence-electron chi connectivity index (χ4n) is 4.83. The highest BCUT2D eigenvalue weighted by atomic mass is 79.9. The Hall–Kier alpha value is -3.33. The normalized spacial score (nSPS) is 18.7. The van der Waals surface area contributed by atoms with Crippen LogP contribution in [0.2, 0.25) is 0 Å². The first-order valence-electron chi connectivity index (χ1n) is 12.1. The molecule has 8 heteroatoms. The van der Waals surface area contributed by atoms with Gasteiger partial charge in [0.2, 0.25) is 6.79 Å². The second-order valence-corrected chi connectivity index (χ2v) is 10.3. The average Bonchev–Trinajstić information content (AvgIpc) is 3.47. The average molecular weight is 547 g/mol. The summed E-state index contributed by atoms with van der Waals surface area (Å²) in [4.78, 5) is 18.0. The Kier molecular flexibility index (Phi) is 6.17. The van der Waals surface area contributed by atoms with Gasteiger partial charge in [0.05, 0.1) is 17.0 Å². The van der Waals surface area contributed by atoms with Crippen LogP contribution < -0.4 is 20.1 Å². The SMILES string of the molecule is CN1CCN(Cc2ccc(N/C(=C3\C(=O)Nc4cc(Br)ccc43)c3ccc4c(c3)OCO4)cc2)CC1. The predicted octanol–water partition coefficient (Wildman–Crippen LogP) is 4.86. The topological polar surface area (TPSA) is 66.1 Å². The van der Waals surface area contributed by atoms with Gasteiger partial charge < -0.3 is 25.0 Å². The zero-order chi connectivity index (χ0) is 24.6. The number of hydrogen-bond donors (Lipinski definition) is 2. The van der Waals surface area contributed by atoms with E-state index in [4.69, 9.17) is 9.47 Å². The summed E-state index contributed by atoms with van der Waals surface area (Å²) in [7, 11) is 2.17. The Bertz CT molecular complexity index is 1350. The Balaban J connectivity index is 1.33. The number of benzene rings is 3. The molecule has 0 aliphatic carbocycles. The maximum atomic E-state index is 13.2. The largest absolute Gasteiger partial charge is 0.454 e. The van der Waals surface area contributed by atoms with E-state index in [1.807, 2.05) is 36.4 Å². The van der Waals surface area contributed by atoms with Gasteiger partial charge in [0.1, 0.15) is 0 Å². The lowest BCUT2D eigenvalue weighted by molar-refractivity contribution is -0.110. The second kappa shape index (κ2) is 9.61. The molecule has 6 rings (SSSR count). The summed E-state index contributed by atoms with van der Waals surface area (Å²) in [5.41, 5.74) is 5.99. The minimum absolute atomic E-state index is 0.144. The molecule has 3 heterocycles. The lowest BCUT2D eigenvalue weighted by Crippen LogP contribution is -2.43. The Morgan fingerprint density at radius 1 is 0.972 bits per heavy atom. The number of carbonyl (C=O) groups excluding carboxylic acids is 1. The number of halogens is 1. The molecule has 3 aromatic rings. The van der Waals surface area contributed by atoms with Crippen LogP contribution in [0.1, 0.15) is 16.7 Å². The van der Waals surface area contributed by atoms with E-state index < -0.39 is 0 Å². The molecule has 0 saturated carbocycles. The summed E-state index contributed by atoms with van der Waals surface area (Å²) in [5.74, 6) is 1.23. The van der Waals surface area contributed by atoms with Gasteiger partial charge in [-0.1, -0.05) is 34.1 Å². The molecule has 0 bridgehead atoms. The van der Waals surface area contributed by atoms with E-state index in [2.05, 4.69) is 67.7 Å². The van der Waals surface area contributed by atoms with Crippen molar-refractivity contribution in [2.75, 3.05) is 50.7 Å². The number of piperazine rings is 1. The number of rotatable bonds is 5. The lowest BCUT2D eigenvalue weighted by atomic mass is 9.99. The zero-order valence-electron chi connectivity index (χ0n) is 20.0. The maximum Gasteiger partial charge on any atom is 0.258 e. The Morgan fingerprint density at radius 2 is 1.75 bits per heavy atom. The monoisotopic (exact) mass is 546 g/mol. The van der Waals surface area contributed by atoms with Crippen molar-refractivity contribution in [2.24, 2.45) is 0 Å². The van der Waals surface area contributed by atoms with Crippen LogP contribution in [0, 0.1) is 0 Å². The molecule has 3 aromatic carbocycles. The highest BCUT2D eigenvalue weighted by Gasteiger charge is 2.29. The summed E-state index contributed by atoms with van der Waals surface area (Å²) in [5, 5.41) is 6.54. The van der Waals surface area contributed by atoms with Gasteiger partial charge in [0.15, 0.2) is 11.5 Å². The molecule has 7 nitrogen and oxygen atoms in total. The van der Waals surface area contributed by atoms with Gasteiger partial charge in [-0.15, -0.1) is 0 Å². The van der Waals surface area contributed by atoms with Crippen LogP contribution in [0.15, 0.2) is 65.1 Å².